The molecule has 2 atom stereocenters. The van der Waals surface area contributed by atoms with E-state index in [1.165, 1.54) is 56.9 Å². The highest BCUT2D eigenvalue weighted by atomic mass is 28.3. The van der Waals surface area contributed by atoms with Gasteiger partial charge in [-0.15, -0.1) is 0 Å². The van der Waals surface area contributed by atoms with Crippen LogP contribution in [0.15, 0.2) is 23.3 Å². The molecule has 2 rings (SSSR count). The van der Waals surface area contributed by atoms with Crippen LogP contribution in [0, 0.1) is 0 Å². The molecular weight excluding hydrogens is 300 g/mol. The molecule has 0 radical (unpaired) electrons. The first kappa shape index (κ1) is 18.9. The molecule has 2 unspecified atom stereocenters. The predicted octanol–water partition coefficient (Wildman–Crippen LogP) is 5.82. The van der Waals surface area contributed by atoms with Gasteiger partial charge in [0.2, 0.25) is 0 Å². The maximum absolute atomic E-state index is 6.75. The van der Waals surface area contributed by atoms with Crippen LogP contribution in [0.4, 0.5) is 0 Å². The Bertz CT molecular complexity index is 427. The molecule has 0 N–H and O–H groups in total. The van der Waals surface area contributed by atoms with Gasteiger partial charge in [-0.25, -0.2) is 0 Å². The molecule has 0 saturated carbocycles. The highest BCUT2D eigenvalue weighted by Gasteiger charge is 2.35. The standard InChI is InChI=1S/C20H36O2Si/c1-5-23(21-17(2)3)22-20(4,19-14-10-7-11-15-19)16-18-12-8-6-9-13-18/h12,14,17,23H,5-11,13,15-16H2,1-4H3. The van der Waals surface area contributed by atoms with Gasteiger partial charge < -0.3 is 8.85 Å². The molecule has 0 aromatic rings. The van der Waals surface area contributed by atoms with E-state index in [-0.39, 0.29) is 11.7 Å². The first-order valence-electron chi connectivity index (χ1n) is 9.74. The molecule has 3 heteroatoms. The van der Waals surface area contributed by atoms with Crippen LogP contribution in [-0.2, 0) is 8.85 Å². The Kier molecular flexibility index (Phi) is 7.57. The van der Waals surface area contributed by atoms with E-state index in [0.29, 0.717) is 0 Å². The van der Waals surface area contributed by atoms with Crippen molar-refractivity contribution in [2.75, 3.05) is 0 Å². The van der Waals surface area contributed by atoms with Crippen molar-refractivity contribution in [1.82, 2.24) is 0 Å². The minimum Gasteiger partial charge on any atom is -0.394 e. The lowest BCUT2D eigenvalue weighted by molar-refractivity contribution is 0.0632. The molecule has 23 heavy (non-hydrogen) atoms. The molecule has 132 valence electrons. The second kappa shape index (κ2) is 9.19. The van der Waals surface area contributed by atoms with Gasteiger partial charge in [-0.05, 0) is 90.2 Å². The zero-order valence-electron chi connectivity index (χ0n) is 15.7. The van der Waals surface area contributed by atoms with Crippen LogP contribution < -0.4 is 0 Å². The molecule has 0 bridgehead atoms. The summed E-state index contributed by atoms with van der Waals surface area (Å²) in [4.78, 5) is 0. The summed E-state index contributed by atoms with van der Waals surface area (Å²) in [6.07, 6.45) is 16.6. The Morgan fingerprint density at radius 1 is 1.09 bits per heavy atom. The third-order valence-corrected chi connectivity index (χ3v) is 7.37. The number of hydrogen-bond acceptors (Lipinski definition) is 2. The molecule has 0 heterocycles. The molecule has 2 aliphatic rings. The summed E-state index contributed by atoms with van der Waals surface area (Å²) in [5.41, 5.74) is 3.01. The van der Waals surface area contributed by atoms with E-state index in [0.717, 1.165) is 12.5 Å². The average Bonchev–Trinajstić information content (AvgIpc) is 2.55. The smallest absolute Gasteiger partial charge is 0.322 e. The van der Waals surface area contributed by atoms with Crippen molar-refractivity contribution in [3.05, 3.63) is 23.3 Å². The number of hydrogen-bond donors (Lipinski definition) is 0. The van der Waals surface area contributed by atoms with E-state index in [4.69, 9.17) is 8.85 Å². The van der Waals surface area contributed by atoms with Crippen LogP contribution >= 0.6 is 0 Å². The van der Waals surface area contributed by atoms with Crippen molar-refractivity contribution in [1.29, 1.82) is 0 Å². The van der Waals surface area contributed by atoms with Gasteiger partial charge in [0, 0.05) is 6.10 Å². The van der Waals surface area contributed by atoms with Crippen molar-refractivity contribution in [2.45, 2.75) is 103 Å². The lowest BCUT2D eigenvalue weighted by atomic mass is 9.80. The van der Waals surface area contributed by atoms with Crippen molar-refractivity contribution in [2.24, 2.45) is 0 Å². The van der Waals surface area contributed by atoms with Gasteiger partial charge in [-0.3, -0.25) is 0 Å². The number of rotatable bonds is 8. The van der Waals surface area contributed by atoms with E-state index < -0.39 is 9.28 Å². The lowest BCUT2D eigenvalue weighted by Gasteiger charge is -2.39. The Balaban J connectivity index is 2.15. The van der Waals surface area contributed by atoms with Crippen LogP contribution in [0.2, 0.25) is 6.04 Å². The van der Waals surface area contributed by atoms with Crippen molar-refractivity contribution in [3.63, 3.8) is 0 Å². The van der Waals surface area contributed by atoms with Gasteiger partial charge >= 0.3 is 9.28 Å². The molecular formula is C20H36O2Si. The fraction of sp³-hybridized carbons (Fsp3) is 0.800. The van der Waals surface area contributed by atoms with Crippen LogP contribution in [0.3, 0.4) is 0 Å². The van der Waals surface area contributed by atoms with E-state index in [2.05, 4.69) is 39.8 Å². The third kappa shape index (κ3) is 5.88. The fourth-order valence-corrected chi connectivity index (χ4v) is 5.69. The first-order chi connectivity index (χ1) is 11.0. The van der Waals surface area contributed by atoms with Crippen LogP contribution in [0.1, 0.15) is 85.5 Å². The quantitative estimate of drug-likeness (QED) is 0.411. The van der Waals surface area contributed by atoms with Crippen LogP contribution in [0.5, 0.6) is 0 Å². The third-order valence-electron chi connectivity index (χ3n) is 5.07. The Labute approximate surface area is 145 Å². The fourth-order valence-electron chi connectivity index (χ4n) is 3.85. The molecule has 0 spiro atoms. The molecule has 0 amide bonds. The summed E-state index contributed by atoms with van der Waals surface area (Å²) >= 11 is 0. The topological polar surface area (TPSA) is 18.5 Å². The van der Waals surface area contributed by atoms with Crippen molar-refractivity contribution >= 4 is 9.28 Å². The second-order valence-electron chi connectivity index (χ2n) is 7.63. The molecule has 0 saturated heterocycles. The molecule has 2 nitrogen and oxygen atoms in total. The maximum atomic E-state index is 6.75. The summed E-state index contributed by atoms with van der Waals surface area (Å²) in [5.74, 6) is 0. The Morgan fingerprint density at radius 3 is 2.30 bits per heavy atom. The highest BCUT2D eigenvalue weighted by molar-refractivity contribution is 6.44. The van der Waals surface area contributed by atoms with Crippen LogP contribution in [-0.4, -0.2) is 21.0 Å². The number of allylic oxidation sites excluding steroid dienone is 2. The lowest BCUT2D eigenvalue weighted by Crippen LogP contribution is -2.41. The van der Waals surface area contributed by atoms with E-state index in [1.54, 1.807) is 5.57 Å². The van der Waals surface area contributed by atoms with Crippen LogP contribution in [0.25, 0.3) is 0 Å². The average molecular weight is 337 g/mol. The zero-order chi connectivity index (χ0) is 16.7. The minimum atomic E-state index is -1.61. The van der Waals surface area contributed by atoms with Gasteiger partial charge in [-0.1, -0.05) is 24.6 Å². The summed E-state index contributed by atoms with van der Waals surface area (Å²) in [7, 11) is -1.61. The van der Waals surface area contributed by atoms with E-state index in [9.17, 15) is 0 Å². The molecule has 0 fully saturated rings. The monoisotopic (exact) mass is 336 g/mol. The maximum Gasteiger partial charge on any atom is 0.322 e. The first-order valence-corrected chi connectivity index (χ1v) is 11.5. The van der Waals surface area contributed by atoms with Gasteiger partial charge in [0.25, 0.3) is 0 Å². The second-order valence-corrected chi connectivity index (χ2v) is 9.81. The molecule has 0 aliphatic heterocycles. The molecule has 2 aliphatic carbocycles. The van der Waals surface area contributed by atoms with Gasteiger partial charge in [-0.2, -0.15) is 0 Å². The summed E-state index contributed by atoms with van der Waals surface area (Å²) in [6, 6.07) is 1.04. The molecule has 0 aromatic carbocycles. The van der Waals surface area contributed by atoms with Crippen molar-refractivity contribution < 1.29 is 8.85 Å². The van der Waals surface area contributed by atoms with Gasteiger partial charge in [0.15, 0.2) is 0 Å². The summed E-state index contributed by atoms with van der Waals surface area (Å²) in [6.45, 7) is 8.80. The highest BCUT2D eigenvalue weighted by Crippen LogP contribution is 2.38. The minimum absolute atomic E-state index is 0.134. The predicted molar refractivity (Wildman–Crippen MR) is 101 cm³/mol. The summed E-state index contributed by atoms with van der Waals surface area (Å²) in [5, 5.41) is 0. The largest absolute Gasteiger partial charge is 0.394 e. The van der Waals surface area contributed by atoms with E-state index >= 15 is 0 Å². The summed E-state index contributed by atoms with van der Waals surface area (Å²) < 4.78 is 12.9. The van der Waals surface area contributed by atoms with E-state index in [1.807, 2.05) is 0 Å². The normalized spacial score (nSPS) is 23.2. The Morgan fingerprint density at radius 2 is 1.78 bits per heavy atom. The zero-order valence-corrected chi connectivity index (χ0v) is 16.9. The SMILES string of the molecule is CC[SiH](OC(C)C)OC(C)(CC1=CCCCC1)C1=CCCCC1. The van der Waals surface area contributed by atoms with Crippen molar-refractivity contribution in [3.8, 4) is 0 Å². The van der Waals surface area contributed by atoms with Gasteiger partial charge in [0.05, 0.1) is 5.60 Å². The molecule has 0 aromatic heterocycles. The van der Waals surface area contributed by atoms with Gasteiger partial charge in [0.1, 0.15) is 0 Å². The Hall–Kier alpha value is -0.383.